The minimum atomic E-state index is -0.250. The van der Waals surface area contributed by atoms with Gasteiger partial charge in [-0.1, -0.05) is 37.3 Å². The second-order valence-corrected chi connectivity index (χ2v) is 5.53. The smallest absolute Gasteiger partial charge is 0.310 e. The average molecular weight is 333 g/mol. The van der Waals surface area contributed by atoms with E-state index in [1.54, 1.807) is 19.1 Å². The number of rotatable bonds is 5. The van der Waals surface area contributed by atoms with E-state index in [-0.39, 0.29) is 5.97 Å². The molecule has 0 saturated heterocycles. The Hall–Kier alpha value is -3.21. The number of anilines is 2. The average Bonchev–Trinajstić information content (AvgIpc) is 2.63. The quantitative estimate of drug-likeness (QED) is 0.550. The summed E-state index contributed by atoms with van der Waals surface area (Å²) < 4.78 is 5.17. The first kappa shape index (κ1) is 16.6. The Morgan fingerprint density at radius 3 is 2.44 bits per heavy atom. The van der Waals surface area contributed by atoms with Crippen LogP contribution in [0.25, 0.3) is 11.3 Å². The van der Waals surface area contributed by atoms with Crippen LogP contribution in [0.2, 0.25) is 0 Å². The number of carbonyl (C=O) groups is 1. The summed E-state index contributed by atoms with van der Waals surface area (Å²) in [5.74, 6) is 1.68. The first-order chi connectivity index (χ1) is 12.1. The molecule has 0 amide bonds. The minimum Gasteiger partial charge on any atom is -0.427 e. The molecule has 0 saturated carbocycles. The van der Waals surface area contributed by atoms with Crippen LogP contribution >= 0.6 is 0 Å². The second-order valence-electron chi connectivity index (χ2n) is 5.53. The van der Waals surface area contributed by atoms with Gasteiger partial charge in [-0.15, -0.1) is 0 Å². The molecular formula is C20H19N3O2. The molecule has 2 aromatic carbocycles. The third-order valence-corrected chi connectivity index (χ3v) is 3.55. The Labute approximate surface area is 146 Å². The number of aromatic nitrogens is 2. The van der Waals surface area contributed by atoms with E-state index in [1.807, 2.05) is 55.5 Å². The number of benzene rings is 2. The fourth-order valence-electron chi connectivity index (χ4n) is 2.35. The van der Waals surface area contributed by atoms with Crippen molar-refractivity contribution in [2.45, 2.75) is 20.3 Å². The van der Waals surface area contributed by atoms with E-state index in [0.29, 0.717) is 23.8 Å². The van der Waals surface area contributed by atoms with Crippen molar-refractivity contribution in [3.63, 3.8) is 0 Å². The largest absolute Gasteiger partial charge is 0.427 e. The van der Waals surface area contributed by atoms with Crippen molar-refractivity contribution in [2.75, 3.05) is 5.32 Å². The van der Waals surface area contributed by atoms with Crippen molar-refractivity contribution in [1.82, 2.24) is 9.97 Å². The van der Waals surface area contributed by atoms with E-state index in [9.17, 15) is 4.79 Å². The third kappa shape index (κ3) is 4.41. The zero-order valence-electron chi connectivity index (χ0n) is 14.2. The molecule has 0 unspecified atom stereocenters. The van der Waals surface area contributed by atoms with E-state index in [0.717, 1.165) is 16.9 Å². The maximum absolute atomic E-state index is 11.3. The van der Waals surface area contributed by atoms with Gasteiger partial charge >= 0.3 is 5.97 Å². The van der Waals surface area contributed by atoms with Gasteiger partial charge in [-0.3, -0.25) is 4.79 Å². The number of hydrogen-bond donors (Lipinski definition) is 1. The van der Waals surface area contributed by atoms with Crippen molar-refractivity contribution in [3.05, 3.63) is 66.5 Å². The van der Waals surface area contributed by atoms with Gasteiger partial charge < -0.3 is 10.1 Å². The summed E-state index contributed by atoms with van der Waals surface area (Å²) >= 11 is 0. The minimum absolute atomic E-state index is 0.250. The van der Waals surface area contributed by atoms with Crippen LogP contribution in [-0.2, 0) is 4.79 Å². The normalized spacial score (nSPS) is 10.3. The highest BCUT2D eigenvalue weighted by Gasteiger charge is 2.06. The molecule has 126 valence electrons. The summed E-state index contributed by atoms with van der Waals surface area (Å²) in [7, 11) is 0. The summed E-state index contributed by atoms with van der Waals surface area (Å²) in [6.07, 6.45) is 0.350. The number of aryl methyl sites for hydroxylation is 1. The highest BCUT2D eigenvalue weighted by molar-refractivity contribution is 5.72. The number of esters is 1. The van der Waals surface area contributed by atoms with Gasteiger partial charge in [-0.2, -0.15) is 0 Å². The first-order valence-corrected chi connectivity index (χ1v) is 8.13. The molecule has 0 fully saturated rings. The number of ether oxygens (including phenoxy) is 1. The van der Waals surface area contributed by atoms with E-state index < -0.39 is 0 Å². The predicted octanol–water partition coefficient (Wildman–Crippen LogP) is 4.51. The Bertz CT molecular complexity index is 862. The monoisotopic (exact) mass is 333 g/mol. The van der Waals surface area contributed by atoms with Gasteiger partial charge in [-0.05, 0) is 31.2 Å². The number of nitrogens with zero attached hydrogens (tertiary/aromatic N) is 2. The highest BCUT2D eigenvalue weighted by Crippen LogP contribution is 2.23. The molecule has 3 rings (SSSR count). The van der Waals surface area contributed by atoms with Crippen LogP contribution in [0.3, 0.4) is 0 Å². The maximum Gasteiger partial charge on any atom is 0.310 e. The van der Waals surface area contributed by atoms with Crippen LogP contribution in [0, 0.1) is 6.92 Å². The van der Waals surface area contributed by atoms with Gasteiger partial charge in [0.1, 0.15) is 17.4 Å². The summed E-state index contributed by atoms with van der Waals surface area (Å²) in [6.45, 7) is 3.63. The van der Waals surface area contributed by atoms with Gasteiger partial charge in [0.15, 0.2) is 0 Å². The molecule has 0 radical (unpaired) electrons. The first-order valence-electron chi connectivity index (χ1n) is 8.13. The van der Waals surface area contributed by atoms with E-state index in [2.05, 4.69) is 15.3 Å². The summed E-state index contributed by atoms with van der Waals surface area (Å²) in [6, 6.07) is 19.1. The van der Waals surface area contributed by atoms with Crippen molar-refractivity contribution >= 4 is 17.5 Å². The van der Waals surface area contributed by atoms with Gasteiger partial charge in [-0.25, -0.2) is 9.97 Å². The maximum atomic E-state index is 11.3. The molecule has 1 heterocycles. The molecule has 0 atom stereocenters. The third-order valence-electron chi connectivity index (χ3n) is 3.55. The molecule has 0 spiro atoms. The molecular weight excluding hydrogens is 314 g/mol. The van der Waals surface area contributed by atoms with Crippen LogP contribution in [0.1, 0.15) is 19.2 Å². The molecule has 0 bridgehead atoms. The molecule has 5 heteroatoms. The summed E-state index contributed by atoms with van der Waals surface area (Å²) in [4.78, 5) is 20.2. The van der Waals surface area contributed by atoms with E-state index in [4.69, 9.17) is 4.74 Å². The lowest BCUT2D eigenvalue weighted by Gasteiger charge is -2.10. The van der Waals surface area contributed by atoms with Crippen LogP contribution in [0.5, 0.6) is 5.75 Å². The number of nitrogens with one attached hydrogen (secondary N) is 1. The van der Waals surface area contributed by atoms with Crippen LogP contribution in [0.4, 0.5) is 11.5 Å². The second kappa shape index (κ2) is 7.57. The van der Waals surface area contributed by atoms with E-state index >= 15 is 0 Å². The molecule has 3 aromatic rings. The van der Waals surface area contributed by atoms with Crippen molar-refractivity contribution in [3.8, 4) is 17.0 Å². The predicted molar refractivity (Wildman–Crippen MR) is 97.9 cm³/mol. The van der Waals surface area contributed by atoms with Gasteiger partial charge in [0.05, 0.1) is 5.69 Å². The molecule has 5 nitrogen and oxygen atoms in total. The molecule has 0 aliphatic heterocycles. The topological polar surface area (TPSA) is 64.1 Å². The SMILES string of the molecule is CCC(=O)Oc1ccc(Nc2cc(-c3ccccc3)nc(C)n2)cc1. The van der Waals surface area contributed by atoms with Crippen LogP contribution in [0.15, 0.2) is 60.7 Å². The molecule has 0 aliphatic carbocycles. The number of carbonyl (C=O) groups excluding carboxylic acids is 1. The Balaban J connectivity index is 1.79. The van der Waals surface area contributed by atoms with Gasteiger partial charge in [0.25, 0.3) is 0 Å². The molecule has 1 aromatic heterocycles. The van der Waals surface area contributed by atoms with Gasteiger partial charge in [0, 0.05) is 23.7 Å². The lowest BCUT2D eigenvalue weighted by atomic mass is 10.1. The van der Waals surface area contributed by atoms with Crippen molar-refractivity contribution < 1.29 is 9.53 Å². The fourth-order valence-corrected chi connectivity index (χ4v) is 2.35. The number of hydrogen-bond acceptors (Lipinski definition) is 5. The summed E-state index contributed by atoms with van der Waals surface area (Å²) in [5, 5.41) is 3.26. The Kier molecular flexibility index (Phi) is 5.04. The molecule has 1 N–H and O–H groups in total. The Morgan fingerprint density at radius 2 is 1.76 bits per heavy atom. The fraction of sp³-hybridized carbons (Fsp3) is 0.150. The van der Waals surface area contributed by atoms with Crippen molar-refractivity contribution in [1.29, 1.82) is 0 Å². The Morgan fingerprint density at radius 1 is 1.04 bits per heavy atom. The standard InChI is InChI=1S/C20H19N3O2/c1-3-20(24)25-17-11-9-16(10-12-17)23-19-13-18(21-14(2)22-19)15-7-5-4-6-8-15/h4-13H,3H2,1-2H3,(H,21,22,23). The van der Waals surface area contributed by atoms with E-state index in [1.165, 1.54) is 0 Å². The zero-order valence-corrected chi connectivity index (χ0v) is 14.2. The van der Waals surface area contributed by atoms with Crippen LogP contribution < -0.4 is 10.1 Å². The lowest BCUT2D eigenvalue weighted by Crippen LogP contribution is -2.05. The highest BCUT2D eigenvalue weighted by atomic mass is 16.5. The molecule has 25 heavy (non-hydrogen) atoms. The lowest BCUT2D eigenvalue weighted by molar-refractivity contribution is -0.134. The van der Waals surface area contributed by atoms with Crippen molar-refractivity contribution in [2.24, 2.45) is 0 Å². The summed E-state index contributed by atoms with van der Waals surface area (Å²) in [5.41, 5.74) is 2.76. The zero-order chi connectivity index (χ0) is 17.6. The van der Waals surface area contributed by atoms with Gasteiger partial charge in [0.2, 0.25) is 0 Å². The van der Waals surface area contributed by atoms with Crippen LogP contribution in [-0.4, -0.2) is 15.9 Å². The molecule has 0 aliphatic rings.